The van der Waals surface area contributed by atoms with Crippen molar-refractivity contribution in [3.05, 3.63) is 47.5 Å². The Labute approximate surface area is 137 Å². The van der Waals surface area contributed by atoms with Gasteiger partial charge in [-0.3, -0.25) is 4.79 Å². The van der Waals surface area contributed by atoms with Crippen molar-refractivity contribution in [3.63, 3.8) is 0 Å². The van der Waals surface area contributed by atoms with E-state index >= 15 is 0 Å². The molecule has 0 aliphatic heterocycles. The molecule has 9 heteroatoms. The molecule has 0 aliphatic rings. The van der Waals surface area contributed by atoms with E-state index in [2.05, 4.69) is 10.4 Å². The van der Waals surface area contributed by atoms with E-state index in [1.54, 1.807) is 6.92 Å². The van der Waals surface area contributed by atoms with Gasteiger partial charge >= 0.3 is 0 Å². The number of nitrogens with one attached hydrogen (secondary N) is 1. The lowest BCUT2D eigenvalue weighted by molar-refractivity contribution is 0.0118. The Balaban J connectivity index is 0.00000264. The number of halogens is 4. The first-order valence-corrected chi connectivity index (χ1v) is 6.51. The number of carbonyl (C=O) groups excluding carboxylic acids is 1. The number of aromatic nitrogens is 2. The van der Waals surface area contributed by atoms with Crippen molar-refractivity contribution < 1.29 is 18.0 Å². The fourth-order valence-electron chi connectivity index (χ4n) is 1.85. The third-order valence-electron chi connectivity index (χ3n) is 3.13. The third kappa shape index (κ3) is 4.46. The van der Waals surface area contributed by atoms with Gasteiger partial charge in [-0.1, -0.05) is 0 Å². The predicted molar refractivity (Wildman–Crippen MR) is 81.8 cm³/mol. The van der Waals surface area contributed by atoms with E-state index in [0.717, 1.165) is 0 Å². The quantitative estimate of drug-likeness (QED) is 0.868. The lowest BCUT2D eigenvalue weighted by Crippen LogP contribution is -2.41. The van der Waals surface area contributed by atoms with Crippen LogP contribution in [0.2, 0.25) is 0 Å². The van der Waals surface area contributed by atoms with E-state index in [9.17, 15) is 18.0 Å². The Bertz CT molecular complexity index is 673. The highest BCUT2D eigenvalue weighted by Crippen LogP contribution is 2.15. The summed E-state index contributed by atoms with van der Waals surface area (Å²) in [5.41, 5.74) is 6.09. The number of hydrogen-bond acceptors (Lipinski definition) is 3. The van der Waals surface area contributed by atoms with Crippen LogP contribution in [0.5, 0.6) is 0 Å². The number of hydrogen-bond donors (Lipinski definition) is 2. The monoisotopic (exact) mass is 348 g/mol. The van der Waals surface area contributed by atoms with Crippen molar-refractivity contribution in [1.29, 1.82) is 0 Å². The maximum absolute atomic E-state index is 13.0. The van der Waals surface area contributed by atoms with Gasteiger partial charge in [0.15, 0.2) is 0 Å². The van der Waals surface area contributed by atoms with Crippen molar-refractivity contribution in [2.24, 2.45) is 5.73 Å². The highest BCUT2D eigenvalue weighted by atomic mass is 35.5. The highest BCUT2D eigenvalue weighted by molar-refractivity contribution is 5.95. The minimum atomic E-state index is -3.16. The number of alkyl halides is 2. The van der Waals surface area contributed by atoms with Crippen LogP contribution in [0, 0.1) is 12.7 Å². The summed E-state index contributed by atoms with van der Waals surface area (Å²) in [5.74, 6) is -4.22. The molecule has 23 heavy (non-hydrogen) atoms. The summed E-state index contributed by atoms with van der Waals surface area (Å²) in [4.78, 5) is 11.9. The zero-order valence-corrected chi connectivity index (χ0v) is 13.0. The van der Waals surface area contributed by atoms with Gasteiger partial charge in [0.1, 0.15) is 5.82 Å². The summed E-state index contributed by atoms with van der Waals surface area (Å²) in [5, 5.41) is 6.15. The Morgan fingerprint density at radius 1 is 1.35 bits per heavy atom. The zero-order chi connectivity index (χ0) is 16.3. The first kappa shape index (κ1) is 19.0. The van der Waals surface area contributed by atoms with Gasteiger partial charge in [0, 0.05) is 0 Å². The second-order valence-corrected chi connectivity index (χ2v) is 4.77. The smallest absolute Gasteiger partial charge is 0.277 e. The topological polar surface area (TPSA) is 72.9 Å². The first-order chi connectivity index (χ1) is 10.3. The van der Waals surface area contributed by atoms with E-state index in [1.807, 2.05) is 0 Å². The predicted octanol–water partition coefficient (Wildman–Crippen LogP) is 2.07. The molecular weight excluding hydrogens is 333 g/mol. The van der Waals surface area contributed by atoms with Crippen molar-refractivity contribution in [1.82, 2.24) is 15.1 Å². The molecule has 2 aromatic rings. The largest absolute Gasteiger partial charge is 0.346 e. The van der Waals surface area contributed by atoms with Crippen LogP contribution in [0.15, 0.2) is 30.5 Å². The fraction of sp³-hybridized carbons (Fsp3) is 0.286. The molecule has 0 saturated carbocycles. The molecule has 1 amide bonds. The fourth-order valence-corrected chi connectivity index (χ4v) is 1.85. The summed E-state index contributed by atoms with van der Waals surface area (Å²) in [6.45, 7) is -0.0725. The standard InChI is InChI=1S/C14H15F3N4O.ClH/c1-9-12(13(22)19-8-14(16,17)7-18)6-20-21(9)11-4-2-10(15)3-5-11;/h2-6H,7-8,18H2,1H3,(H,19,22);1H. The summed E-state index contributed by atoms with van der Waals surface area (Å²) in [6, 6.07) is 5.52. The number of nitrogens with zero attached hydrogens (tertiary/aromatic N) is 2. The number of carbonyl (C=O) groups is 1. The number of nitrogens with two attached hydrogens (primary N) is 1. The zero-order valence-electron chi connectivity index (χ0n) is 12.2. The Hall–Kier alpha value is -2.06. The van der Waals surface area contributed by atoms with Crippen LogP contribution in [0.4, 0.5) is 13.2 Å². The van der Waals surface area contributed by atoms with Gasteiger partial charge < -0.3 is 11.1 Å². The number of benzene rings is 1. The first-order valence-electron chi connectivity index (χ1n) is 6.51. The summed E-state index contributed by atoms with van der Waals surface area (Å²) >= 11 is 0. The van der Waals surface area contributed by atoms with Gasteiger partial charge in [-0.25, -0.2) is 17.9 Å². The molecule has 0 aliphatic carbocycles. The molecule has 1 aromatic carbocycles. The molecule has 0 atom stereocenters. The maximum Gasteiger partial charge on any atom is 0.277 e. The van der Waals surface area contributed by atoms with Gasteiger partial charge in [0.25, 0.3) is 11.8 Å². The molecule has 1 aromatic heterocycles. The van der Waals surface area contributed by atoms with Crippen molar-refractivity contribution >= 4 is 18.3 Å². The molecule has 2 rings (SSSR count). The molecule has 0 saturated heterocycles. The van der Waals surface area contributed by atoms with Crippen LogP contribution in [-0.4, -0.2) is 34.7 Å². The SMILES string of the molecule is Cc1c(C(=O)NCC(F)(F)CN)cnn1-c1ccc(F)cc1.Cl. The van der Waals surface area contributed by atoms with Gasteiger partial charge in [0.2, 0.25) is 0 Å². The van der Waals surface area contributed by atoms with Gasteiger partial charge in [-0.2, -0.15) is 5.10 Å². The molecule has 0 fully saturated rings. The van der Waals surface area contributed by atoms with Crippen molar-refractivity contribution in [2.45, 2.75) is 12.8 Å². The van der Waals surface area contributed by atoms with Crippen molar-refractivity contribution in [2.75, 3.05) is 13.1 Å². The van der Waals surface area contributed by atoms with E-state index < -0.39 is 30.7 Å². The molecule has 3 N–H and O–H groups in total. The highest BCUT2D eigenvalue weighted by Gasteiger charge is 2.28. The second-order valence-electron chi connectivity index (χ2n) is 4.77. The third-order valence-corrected chi connectivity index (χ3v) is 3.13. The van der Waals surface area contributed by atoms with Gasteiger partial charge in [-0.05, 0) is 31.2 Å². The van der Waals surface area contributed by atoms with E-state index in [-0.39, 0.29) is 18.0 Å². The molecule has 0 radical (unpaired) electrons. The van der Waals surface area contributed by atoms with E-state index in [0.29, 0.717) is 11.4 Å². The molecule has 0 spiro atoms. The lowest BCUT2D eigenvalue weighted by Gasteiger charge is -2.14. The number of rotatable bonds is 5. The minimum absolute atomic E-state index is 0. The molecule has 0 unspecified atom stereocenters. The average molecular weight is 349 g/mol. The summed E-state index contributed by atoms with van der Waals surface area (Å²) in [6.07, 6.45) is 1.27. The molecule has 1 heterocycles. The van der Waals surface area contributed by atoms with Crippen LogP contribution >= 0.6 is 12.4 Å². The minimum Gasteiger partial charge on any atom is -0.346 e. The van der Waals surface area contributed by atoms with Crippen LogP contribution in [-0.2, 0) is 0 Å². The number of amides is 1. The molecule has 0 bridgehead atoms. The van der Waals surface area contributed by atoms with Gasteiger partial charge in [-0.15, -0.1) is 12.4 Å². The normalized spacial score (nSPS) is 11.0. The molecule has 5 nitrogen and oxygen atoms in total. The Morgan fingerprint density at radius 3 is 2.52 bits per heavy atom. The summed E-state index contributed by atoms with van der Waals surface area (Å²) < 4.78 is 40.4. The van der Waals surface area contributed by atoms with Crippen LogP contribution < -0.4 is 11.1 Å². The van der Waals surface area contributed by atoms with Crippen LogP contribution in [0.3, 0.4) is 0 Å². The Kier molecular flexibility index (Phi) is 6.17. The molecule has 126 valence electrons. The van der Waals surface area contributed by atoms with E-state index in [4.69, 9.17) is 5.73 Å². The van der Waals surface area contributed by atoms with Crippen LogP contribution in [0.25, 0.3) is 5.69 Å². The van der Waals surface area contributed by atoms with Crippen LogP contribution in [0.1, 0.15) is 16.1 Å². The summed E-state index contributed by atoms with van der Waals surface area (Å²) in [7, 11) is 0. The average Bonchev–Trinajstić information content (AvgIpc) is 2.87. The van der Waals surface area contributed by atoms with Crippen molar-refractivity contribution in [3.8, 4) is 5.69 Å². The van der Waals surface area contributed by atoms with Gasteiger partial charge in [0.05, 0.1) is 36.2 Å². The maximum atomic E-state index is 13.0. The second kappa shape index (κ2) is 7.47. The lowest BCUT2D eigenvalue weighted by atomic mass is 10.2. The van der Waals surface area contributed by atoms with E-state index in [1.165, 1.54) is 35.1 Å². The molecular formula is C14H16ClF3N4O. The Morgan fingerprint density at radius 2 is 1.96 bits per heavy atom.